The van der Waals surface area contributed by atoms with E-state index in [0.717, 1.165) is 35.5 Å². The molecule has 0 radical (unpaired) electrons. The summed E-state index contributed by atoms with van der Waals surface area (Å²) in [7, 11) is 0. The van der Waals surface area contributed by atoms with E-state index >= 15 is 0 Å². The maximum Gasteiger partial charge on any atom is 0.207 e. The Hall–Kier alpha value is -2.92. The van der Waals surface area contributed by atoms with Crippen LogP contribution in [0.4, 0.5) is 8.78 Å². The van der Waals surface area contributed by atoms with Crippen LogP contribution in [0.2, 0.25) is 0 Å². The van der Waals surface area contributed by atoms with Gasteiger partial charge in [-0.1, -0.05) is 0 Å². The van der Waals surface area contributed by atoms with Crippen LogP contribution >= 0.6 is 11.3 Å². The number of ketones is 1. The molecule has 1 atom stereocenters. The minimum absolute atomic E-state index is 0.214. The third-order valence-corrected chi connectivity index (χ3v) is 5.61. The van der Waals surface area contributed by atoms with Gasteiger partial charge >= 0.3 is 0 Å². The van der Waals surface area contributed by atoms with Crippen molar-refractivity contribution < 1.29 is 13.6 Å². The highest BCUT2D eigenvalue weighted by atomic mass is 32.1. The van der Waals surface area contributed by atoms with E-state index in [-0.39, 0.29) is 5.69 Å². The minimum Gasteiger partial charge on any atom is -0.290 e. The quantitative estimate of drug-likeness (QED) is 0.640. The van der Waals surface area contributed by atoms with Crippen molar-refractivity contribution in [3.63, 3.8) is 0 Å². The van der Waals surface area contributed by atoms with Gasteiger partial charge in [-0.25, -0.2) is 18.4 Å². The molecule has 1 aliphatic carbocycles. The number of carbonyl (C=O) groups excluding carboxylic acids is 1. The van der Waals surface area contributed by atoms with E-state index in [2.05, 4.69) is 10.1 Å². The normalized spacial score (nSPS) is 14.0. The fourth-order valence-corrected chi connectivity index (χ4v) is 4.17. The molecule has 0 saturated carbocycles. The van der Waals surface area contributed by atoms with Crippen molar-refractivity contribution in [2.75, 3.05) is 0 Å². The molecule has 27 heavy (non-hydrogen) atoms. The van der Waals surface area contributed by atoms with E-state index in [0.29, 0.717) is 23.5 Å². The van der Waals surface area contributed by atoms with Crippen LogP contribution in [0.25, 0.3) is 5.69 Å². The number of aromatic nitrogens is 3. The molecule has 3 aromatic rings. The first-order valence-electron chi connectivity index (χ1n) is 8.41. The van der Waals surface area contributed by atoms with Crippen molar-refractivity contribution in [3.8, 4) is 11.8 Å². The third kappa shape index (κ3) is 2.94. The molecule has 0 bridgehead atoms. The number of nitrogens with zero attached hydrogens (tertiary/aromatic N) is 4. The highest BCUT2D eigenvalue weighted by Gasteiger charge is 2.33. The van der Waals surface area contributed by atoms with Gasteiger partial charge in [-0.15, -0.1) is 11.3 Å². The first-order valence-corrected chi connectivity index (χ1v) is 9.29. The molecule has 4 rings (SSSR count). The number of hydrogen-bond donors (Lipinski definition) is 0. The van der Waals surface area contributed by atoms with Crippen LogP contribution in [-0.4, -0.2) is 20.5 Å². The lowest BCUT2D eigenvalue weighted by Crippen LogP contribution is -2.14. The van der Waals surface area contributed by atoms with Crippen molar-refractivity contribution in [3.05, 3.63) is 62.9 Å². The summed E-state index contributed by atoms with van der Waals surface area (Å²) in [6, 6.07) is 5.54. The van der Waals surface area contributed by atoms with Gasteiger partial charge in [-0.05, 0) is 38.3 Å². The smallest absolute Gasteiger partial charge is 0.207 e. The zero-order chi connectivity index (χ0) is 19.1. The van der Waals surface area contributed by atoms with Crippen LogP contribution in [-0.2, 0) is 12.8 Å². The average Bonchev–Trinajstić information content (AvgIpc) is 3.35. The Bertz CT molecular complexity index is 1100. The predicted molar refractivity (Wildman–Crippen MR) is 95.0 cm³/mol. The number of halogens is 2. The molecule has 2 aromatic heterocycles. The van der Waals surface area contributed by atoms with Crippen LogP contribution in [0.1, 0.15) is 44.8 Å². The number of rotatable bonds is 4. The third-order valence-electron chi connectivity index (χ3n) is 4.59. The molecule has 1 unspecified atom stereocenters. The lowest BCUT2D eigenvalue weighted by atomic mass is 10.0. The summed E-state index contributed by atoms with van der Waals surface area (Å²) < 4.78 is 28.4. The van der Waals surface area contributed by atoms with Gasteiger partial charge in [0.2, 0.25) is 5.78 Å². The molecule has 1 aliphatic rings. The summed E-state index contributed by atoms with van der Waals surface area (Å²) in [6.45, 7) is 1.80. The fourth-order valence-electron chi connectivity index (χ4n) is 3.33. The molecule has 0 amide bonds. The summed E-state index contributed by atoms with van der Waals surface area (Å²) >= 11 is 1.26. The van der Waals surface area contributed by atoms with Crippen molar-refractivity contribution >= 4 is 17.1 Å². The van der Waals surface area contributed by atoms with Crippen molar-refractivity contribution in [1.82, 2.24) is 14.8 Å². The van der Waals surface area contributed by atoms with Crippen LogP contribution in [0, 0.1) is 29.9 Å². The maximum absolute atomic E-state index is 13.7. The molecule has 5 nitrogen and oxygen atoms in total. The Labute approximate surface area is 157 Å². The summed E-state index contributed by atoms with van der Waals surface area (Å²) in [5.41, 5.74) is 2.89. The second-order valence-corrected chi connectivity index (χ2v) is 7.28. The zero-order valence-electron chi connectivity index (χ0n) is 14.4. The molecule has 0 fully saturated rings. The number of Topliss-reactive ketones (excluding diaryl/α,β-unsaturated/α-hetero) is 1. The molecule has 0 aliphatic heterocycles. The van der Waals surface area contributed by atoms with Gasteiger partial charge in [0.25, 0.3) is 0 Å². The SMILES string of the molecule is Cc1csc(C(C#N)C(=O)c2nn(-c3ccc(F)c(F)c3)c3c2CCC3)n1. The van der Waals surface area contributed by atoms with E-state index in [1.165, 1.54) is 22.1 Å². The number of aryl methyl sites for hydroxylation is 1. The first-order chi connectivity index (χ1) is 13.0. The van der Waals surface area contributed by atoms with Crippen LogP contribution in [0.15, 0.2) is 23.6 Å². The van der Waals surface area contributed by atoms with Gasteiger partial charge in [-0.2, -0.15) is 10.4 Å². The molecule has 8 heteroatoms. The minimum atomic E-state index is -1.03. The van der Waals surface area contributed by atoms with E-state index in [1.807, 2.05) is 6.07 Å². The van der Waals surface area contributed by atoms with Gasteiger partial charge < -0.3 is 0 Å². The van der Waals surface area contributed by atoms with Crippen LogP contribution in [0.3, 0.4) is 0 Å². The number of benzene rings is 1. The number of thiazole rings is 1. The summed E-state index contributed by atoms with van der Waals surface area (Å²) in [5.74, 6) is -3.36. The fraction of sp³-hybridized carbons (Fsp3) is 0.263. The van der Waals surface area contributed by atoms with E-state index in [4.69, 9.17) is 0 Å². The predicted octanol–water partition coefficient (Wildman–Crippen LogP) is 3.89. The standard InChI is InChI=1S/C19H14F2N4OS/c1-10-9-27-19(23-10)13(8-22)18(26)17-12-3-2-4-16(12)25(24-17)11-5-6-14(20)15(21)7-11/h5-7,9,13H,2-4H2,1H3. The van der Waals surface area contributed by atoms with Crippen molar-refractivity contribution in [2.24, 2.45) is 0 Å². The molecule has 0 spiro atoms. The topological polar surface area (TPSA) is 71.6 Å². The number of fused-ring (bicyclic) bond motifs is 1. The van der Waals surface area contributed by atoms with Gasteiger partial charge in [0.15, 0.2) is 17.6 Å². The van der Waals surface area contributed by atoms with Gasteiger partial charge in [-0.3, -0.25) is 4.79 Å². The monoisotopic (exact) mass is 384 g/mol. The molecule has 0 saturated heterocycles. The van der Waals surface area contributed by atoms with Gasteiger partial charge in [0.1, 0.15) is 10.7 Å². The second-order valence-electron chi connectivity index (χ2n) is 6.39. The number of hydrogen-bond acceptors (Lipinski definition) is 5. The average molecular weight is 384 g/mol. The molecular formula is C19H14F2N4OS. The lowest BCUT2D eigenvalue weighted by molar-refractivity contribution is 0.0972. The van der Waals surface area contributed by atoms with E-state index in [1.54, 1.807) is 12.3 Å². The Balaban J connectivity index is 1.79. The highest BCUT2D eigenvalue weighted by Crippen LogP contribution is 2.32. The molecule has 136 valence electrons. The lowest BCUT2D eigenvalue weighted by Gasteiger charge is -2.06. The first kappa shape index (κ1) is 17.5. The molecular weight excluding hydrogens is 370 g/mol. The highest BCUT2D eigenvalue weighted by molar-refractivity contribution is 7.10. The summed E-state index contributed by atoms with van der Waals surface area (Å²) in [4.78, 5) is 17.3. The number of nitriles is 1. The van der Waals surface area contributed by atoms with Crippen LogP contribution in [0.5, 0.6) is 0 Å². The van der Waals surface area contributed by atoms with E-state index < -0.39 is 23.3 Å². The van der Waals surface area contributed by atoms with Crippen LogP contribution < -0.4 is 0 Å². The number of carbonyl (C=O) groups is 1. The summed E-state index contributed by atoms with van der Waals surface area (Å²) in [6.07, 6.45) is 2.18. The van der Waals surface area contributed by atoms with Gasteiger partial charge in [0.05, 0.1) is 11.8 Å². The molecule has 2 heterocycles. The Kier molecular flexibility index (Phi) is 4.32. The molecule has 0 N–H and O–H groups in total. The van der Waals surface area contributed by atoms with Crippen molar-refractivity contribution in [1.29, 1.82) is 5.26 Å². The molecule has 1 aromatic carbocycles. The largest absolute Gasteiger partial charge is 0.290 e. The maximum atomic E-state index is 13.7. The Morgan fingerprint density at radius 3 is 2.81 bits per heavy atom. The van der Waals surface area contributed by atoms with Gasteiger partial charge in [0, 0.05) is 28.4 Å². The second kappa shape index (κ2) is 6.67. The Morgan fingerprint density at radius 1 is 1.33 bits per heavy atom. The Morgan fingerprint density at radius 2 is 2.15 bits per heavy atom. The van der Waals surface area contributed by atoms with E-state index in [9.17, 15) is 18.8 Å². The van der Waals surface area contributed by atoms with Crippen molar-refractivity contribution in [2.45, 2.75) is 32.1 Å². The zero-order valence-corrected chi connectivity index (χ0v) is 15.2. The summed E-state index contributed by atoms with van der Waals surface area (Å²) in [5, 5.41) is 16.1.